The van der Waals surface area contributed by atoms with Crippen LogP contribution in [-0.2, 0) is 4.79 Å². The molecule has 2 aromatic carbocycles. The molecule has 1 atom stereocenters. The van der Waals surface area contributed by atoms with Crippen LogP contribution in [0.15, 0.2) is 57.8 Å². The van der Waals surface area contributed by atoms with Gasteiger partial charge in [-0.15, -0.1) is 0 Å². The molecule has 0 N–H and O–H groups in total. The fourth-order valence-electron chi connectivity index (χ4n) is 4.54. The zero-order chi connectivity index (χ0) is 26.1. The van der Waals surface area contributed by atoms with Gasteiger partial charge in [0, 0.05) is 24.0 Å². The predicted octanol–water partition coefficient (Wildman–Crippen LogP) is 6.35. The van der Waals surface area contributed by atoms with E-state index in [1.54, 1.807) is 4.57 Å². The Kier molecular flexibility index (Phi) is 10.7. The minimum Gasteiger partial charge on any atom is -0.331 e. The first-order chi connectivity index (χ1) is 17.4. The Morgan fingerprint density at radius 1 is 0.972 bits per heavy atom. The average molecular weight is 556 g/mol. The Morgan fingerprint density at radius 2 is 1.67 bits per heavy atom. The maximum absolute atomic E-state index is 13.8. The largest absolute Gasteiger partial charge is 0.331 e. The number of para-hydroxylation sites is 1. The lowest BCUT2D eigenvalue weighted by molar-refractivity contribution is -0.134. The van der Waals surface area contributed by atoms with Crippen LogP contribution in [-0.4, -0.2) is 52.4 Å². The molecule has 1 unspecified atom stereocenters. The first-order valence-electron chi connectivity index (χ1n) is 13.1. The second-order valence-electron chi connectivity index (χ2n) is 9.58. The van der Waals surface area contributed by atoms with Crippen LogP contribution in [0.25, 0.3) is 16.6 Å². The Morgan fingerprint density at radius 3 is 2.33 bits per heavy atom. The summed E-state index contributed by atoms with van der Waals surface area (Å²) in [6.45, 7) is 5.59. The summed E-state index contributed by atoms with van der Waals surface area (Å²) in [7, 11) is 4.03. The maximum atomic E-state index is 13.8. The molecule has 1 amide bonds. The van der Waals surface area contributed by atoms with Gasteiger partial charge in [-0.05, 0) is 63.3 Å². The van der Waals surface area contributed by atoms with Crippen LogP contribution in [0.2, 0.25) is 0 Å². The van der Waals surface area contributed by atoms with Crippen LogP contribution in [0.1, 0.15) is 70.7 Å². The normalized spacial score (nSPS) is 12.3. The fraction of sp³-hybridized carbons (Fsp3) is 0.483. The monoisotopic (exact) mass is 554 g/mol. The van der Waals surface area contributed by atoms with Gasteiger partial charge >= 0.3 is 0 Å². The lowest BCUT2D eigenvalue weighted by Crippen LogP contribution is -2.41. The van der Waals surface area contributed by atoms with Crippen molar-refractivity contribution < 1.29 is 4.79 Å². The van der Waals surface area contributed by atoms with Crippen molar-refractivity contribution in [3.05, 3.63) is 69.2 Å². The number of benzene rings is 2. The first kappa shape index (κ1) is 28.1. The molecule has 0 aliphatic heterocycles. The zero-order valence-corrected chi connectivity index (χ0v) is 23.6. The molecule has 0 saturated heterocycles. The number of amides is 1. The molecule has 1 aromatic heterocycles. The number of unbranched alkanes of at least 4 members (excludes halogenated alkanes) is 4. The van der Waals surface area contributed by atoms with Gasteiger partial charge in [0.2, 0.25) is 5.91 Å². The summed E-state index contributed by atoms with van der Waals surface area (Å²) in [5.74, 6) is 0.742. The second-order valence-corrected chi connectivity index (χ2v) is 10.5. The molecule has 0 aliphatic rings. The summed E-state index contributed by atoms with van der Waals surface area (Å²) in [6.07, 6.45) is 6.68. The molecule has 0 fully saturated rings. The molecule has 7 heteroatoms. The van der Waals surface area contributed by atoms with E-state index in [0.29, 0.717) is 36.1 Å². The summed E-state index contributed by atoms with van der Waals surface area (Å²) in [5.41, 5.74) is 1.29. The summed E-state index contributed by atoms with van der Waals surface area (Å²) in [4.78, 5) is 36.4. The fourth-order valence-corrected chi connectivity index (χ4v) is 4.81. The highest BCUT2D eigenvalue weighted by Gasteiger charge is 2.28. The number of hydrogen-bond donors (Lipinski definition) is 0. The van der Waals surface area contributed by atoms with E-state index in [1.165, 1.54) is 12.8 Å². The number of carbonyl (C=O) groups excluding carboxylic acids is 1. The number of likely N-dealkylation sites (N-methyl/N-ethyl adjacent to an activating group) is 1. The zero-order valence-electron chi connectivity index (χ0n) is 22.0. The number of fused-ring (bicyclic) bond motifs is 1. The van der Waals surface area contributed by atoms with E-state index in [4.69, 9.17) is 4.98 Å². The van der Waals surface area contributed by atoms with Gasteiger partial charge in [-0.25, -0.2) is 4.98 Å². The summed E-state index contributed by atoms with van der Waals surface area (Å²) in [5, 5.41) is 0.570. The summed E-state index contributed by atoms with van der Waals surface area (Å²) < 4.78 is 2.63. The van der Waals surface area contributed by atoms with Crippen molar-refractivity contribution in [1.29, 1.82) is 0 Å². The van der Waals surface area contributed by atoms with Gasteiger partial charge in [-0.3, -0.25) is 14.2 Å². The van der Waals surface area contributed by atoms with E-state index < -0.39 is 0 Å². The number of nitrogens with zero attached hydrogens (tertiary/aromatic N) is 4. The Balaban J connectivity index is 2.08. The Hall–Kier alpha value is -2.51. The highest BCUT2D eigenvalue weighted by atomic mass is 79.9. The lowest BCUT2D eigenvalue weighted by atomic mass is 10.1. The van der Waals surface area contributed by atoms with Gasteiger partial charge < -0.3 is 9.80 Å². The van der Waals surface area contributed by atoms with Crippen LogP contribution >= 0.6 is 15.9 Å². The number of hydrogen-bond acceptors (Lipinski definition) is 4. The Labute approximate surface area is 223 Å². The third-order valence-electron chi connectivity index (χ3n) is 6.55. The molecule has 0 bridgehead atoms. The minimum atomic E-state index is -0.311. The van der Waals surface area contributed by atoms with E-state index in [-0.39, 0.29) is 17.5 Å². The van der Waals surface area contributed by atoms with Crippen LogP contribution in [0.4, 0.5) is 0 Å². The van der Waals surface area contributed by atoms with Gasteiger partial charge in [0.15, 0.2) is 0 Å². The van der Waals surface area contributed by atoms with Crippen molar-refractivity contribution in [1.82, 2.24) is 19.4 Å². The molecule has 6 nitrogen and oxygen atoms in total. The van der Waals surface area contributed by atoms with Crippen LogP contribution in [0.5, 0.6) is 0 Å². The first-order valence-corrected chi connectivity index (χ1v) is 13.9. The standard InChI is InChI=1S/C29H39BrN4O2/c1-5-7-8-9-10-15-27(35)33(21-20-32(3)4)26(6-2)28-31-25-14-12-11-13-24(25)29(36)34(28)23-18-16-22(30)17-19-23/h11-14,16-19,26H,5-10,15,20-21H2,1-4H3. The molecular weight excluding hydrogens is 516 g/mol. The number of halogens is 1. The van der Waals surface area contributed by atoms with Gasteiger partial charge in [0.1, 0.15) is 5.82 Å². The average Bonchev–Trinajstić information content (AvgIpc) is 2.87. The van der Waals surface area contributed by atoms with E-state index in [0.717, 1.165) is 36.0 Å². The minimum absolute atomic E-state index is 0.115. The van der Waals surface area contributed by atoms with E-state index in [9.17, 15) is 9.59 Å². The van der Waals surface area contributed by atoms with Gasteiger partial charge in [-0.2, -0.15) is 0 Å². The second kappa shape index (κ2) is 13.7. The number of aromatic nitrogens is 2. The molecule has 0 radical (unpaired) electrons. The molecule has 0 saturated carbocycles. The van der Waals surface area contributed by atoms with Crippen LogP contribution in [0.3, 0.4) is 0 Å². The van der Waals surface area contributed by atoms with E-state index >= 15 is 0 Å². The lowest BCUT2D eigenvalue weighted by Gasteiger charge is -2.33. The summed E-state index contributed by atoms with van der Waals surface area (Å²) in [6, 6.07) is 14.8. The van der Waals surface area contributed by atoms with Crippen LogP contribution in [0, 0.1) is 0 Å². The van der Waals surface area contributed by atoms with Crippen molar-refractivity contribution in [3.8, 4) is 5.69 Å². The molecule has 3 rings (SSSR count). The highest BCUT2D eigenvalue weighted by molar-refractivity contribution is 9.10. The molecular formula is C29H39BrN4O2. The van der Waals surface area contributed by atoms with Crippen molar-refractivity contribution >= 4 is 32.7 Å². The molecule has 36 heavy (non-hydrogen) atoms. The van der Waals surface area contributed by atoms with Crippen molar-refractivity contribution in [2.75, 3.05) is 27.2 Å². The predicted molar refractivity (Wildman–Crippen MR) is 152 cm³/mol. The third-order valence-corrected chi connectivity index (χ3v) is 7.08. The number of carbonyl (C=O) groups is 1. The van der Waals surface area contributed by atoms with E-state index in [1.807, 2.05) is 67.5 Å². The molecule has 1 heterocycles. The third kappa shape index (κ3) is 7.04. The van der Waals surface area contributed by atoms with Gasteiger partial charge in [0.25, 0.3) is 5.56 Å². The van der Waals surface area contributed by atoms with Crippen molar-refractivity contribution in [2.45, 2.75) is 64.8 Å². The van der Waals surface area contributed by atoms with Gasteiger partial charge in [0.05, 0.1) is 22.6 Å². The topological polar surface area (TPSA) is 58.4 Å². The molecule has 0 aliphatic carbocycles. The maximum Gasteiger partial charge on any atom is 0.266 e. The van der Waals surface area contributed by atoms with Crippen molar-refractivity contribution in [2.24, 2.45) is 0 Å². The molecule has 194 valence electrons. The smallest absolute Gasteiger partial charge is 0.266 e. The highest BCUT2D eigenvalue weighted by Crippen LogP contribution is 2.27. The molecule has 3 aromatic rings. The molecule has 0 spiro atoms. The summed E-state index contributed by atoms with van der Waals surface area (Å²) >= 11 is 3.49. The Bertz CT molecular complexity index is 1190. The van der Waals surface area contributed by atoms with E-state index in [2.05, 4.69) is 34.7 Å². The SMILES string of the molecule is CCCCCCCC(=O)N(CCN(C)C)C(CC)c1nc2ccccc2c(=O)n1-c1ccc(Br)cc1. The van der Waals surface area contributed by atoms with Crippen molar-refractivity contribution in [3.63, 3.8) is 0 Å². The van der Waals surface area contributed by atoms with Crippen LogP contribution < -0.4 is 5.56 Å². The quantitative estimate of drug-likeness (QED) is 0.231. The number of rotatable bonds is 13. The van der Waals surface area contributed by atoms with Gasteiger partial charge in [-0.1, -0.05) is 67.6 Å².